The van der Waals surface area contributed by atoms with Gasteiger partial charge in [-0.2, -0.15) is 0 Å². The van der Waals surface area contributed by atoms with Crippen LogP contribution in [-0.2, 0) is 0 Å². The van der Waals surface area contributed by atoms with Crippen molar-refractivity contribution >= 4 is 17.7 Å². The molecule has 2 amide bonds. The fourth-order valence-electron chi connectivity index (χ4n) is 1.51. The van der Waals surface area contributed by atoms with Crippen LogP contribution < -0.4 is 10.6 Å². The van der Waals surface area contributed by atoms with E-state index in [1.165, 1.54) is 12.1 Å². The van der Waals surface area contributed by atoms with Crippen molar-refractivity contribution in [1.29, 1.82) is 0 Å². The lowest BCUT2D eigenvalue weighted by Crippen LogP contribution is -2.36. The van der Waals surface area contributed by atoms with Gasteiger partial charge in [0.1, 0.15) is 5.75 Å². The van der Waals surface area contributed by atoms with Gasteiger partial charge in [-0.3, -0.25) is 0 Å². The molecule has 0 spiro atoms. The number of carboxylic acid groups (broad SMARTS) is 1. The zero-order valence-electron chi connectivity index (χ0n) is 10.5. The highest BCUT2D eigenvalue weighted by Gasteiger charge is 2.14. The fraction of sp³-hybridized carbons (Fsp3) is 0.231. The van der Waals surface area contributed by atoms with E-state index < -0.39 is 12.0 Å². The molecule has 0 fully saturated rings. The van der Waals surface area contributed by atoms with Crippen molar-refractivity contribution in [3.05, 3.63) is 36.4 Å². The maximum Gasteiger partial charge on any atom is 0.337 e. The lowest BCUT2D eigenvalue weighted by molar-refractivity contribution is 0.0697. The van der Waals surface area contributed by atoms with E-state index in [1.807, 2.05) is 0 Å². The number of hydrogen-bond acceptors (Lipinski definition) is 3. The van der Waals surface area contributed by atoms with E-state index in [1.54, 1.807) is 13.0 Å². The molecule has 0 heterocycles. The minimum absolute atomic E-state index is 0.108. The Morgan fingerprint density at radius 2 is 2.16 bits per heavy atom. The second-order valence-corrected chi connectivity index (χ2v) is 4.06. The molecule has 4 N–H and O–H groups in total. The molecule has 0 saturated heterocycles. The highest BCUT2D eigenvalue weighted by atomic mass is 16.4. The molecule has 0 aliphatic heterocycles. The molecular weight excluding hydrogens is 248 g/mol. The lowest BCUT2D eigenvalue weighted by Gasteiger charge is -2.14. The van der Waals surface area contributed by atoms with E-state index in [9.17, 15) is 14.7 Å². The SMILES string of the molecule is C=CCC(C)NC(=O)Nc1ccc(O)cc1C(=O)O. The molecule has 1 unspecified atom stereocenters. The Morgan fingerprint density at radius 1 is 1.47 bits per heavy atom. The number of rotatable bonds is 5. The molecule has 1 rings (SSSR count). The van der Waals surface area contributed by atoms with Crippen LogP contribution in [-0.4, -0.2) is 28.3 Å². The number of aromatic carboxylic acids is 1. The smallest absolute Gasteiger partial charge is 0.337 e. The van der Waals surface area contributed by atoms with Crippen molar-refractivity contribution in [2.45, 2.75) is 19.4 Å². The molecule has 0 aromatic heterocycles. The molecule has 0 aliphatic carbocycles. The van der Waals surface area contributed by atoms with Gasteiger partial charge in [-0.15, -0.1) is 6.58 Å². The Balaban J connectivity index is 2.79. The first-order valence-electron chi connectivity index (χ1n) is 5.68. The number of urea groups is 1. The van der Waals surface area contributed by atoms with Gasteiger partial charge in [0.2, 0.25) is 0 Å². The number of anilines is 1. The molecule has 0 aliphatic rings. The van der Waals surface area contributed by atoms with Crippen molar-refractivity contribution in [3.8, 4) is 5.75 Å². The molecule has 0 bridgehead atoms. The van der Waals surface area contributed by atoms with E-state index in [0.717, 1.165) is 6.07 Å². The first-order valence-corrected chi connectivity index (χ1v) is 5.68. The topological polar surface area (TPSA) is 98.7 Å². The molecule has 6 nitrogen and oxygen atoms in total. The number of carboxylic acids is 1. The summed E-state index contributed by atoms with van der Waals surface area (Å²) in [6.07, 6.45) is 2.28. The van der Waals surface area contributed by atoms with Gasteiger partial charge < -0.3 is 20.8 Å². The van der Waals surface area contributed by atoms with Crippen LogP contribution in [0, 0.1) is 0 Å². The van der Waals surface area contributed by atoms with Gasteiger partial charge in [0, 0.05) is 6.04 Å². The minimum atomic E-state index is -1.23. The summed E-state index contributed by atoms with van der Waals surface area (Å²) in [7, 11) is 0. The maximum atomic E-state index is 11.6. The Kier molecular flexibility index (Phi) is 4.93. The predicted octanol–water partition coefficient (Wildman–Crippen LogP) is 2.18. The van der Waals surface area contributed by atoms with Crippen molar-refractivity contribution in [2.75, 3.05) is 5.32 Å². The fourth-order valence-corrected chi connectivity index (χ4v) is 1.51. The van der Waals surface area contributed by atoms with Gasteiger partial charge >= 0.3 is 12.0 Å². The third-order valence-corrected chi connectivity index (χ3v) is 2.38. The third-order valence-electron chi connectivity index (χ3n) is 2.38. The average molecular weight is 264 g/mol. The van der Waals surface area contributed by atoms with Gasteiger partial charge in [-0.1, -0.05) is 6.08 Å². The lowest BCUT2D eigenvalue weighted by atomic mass is 10.1. The summed E-state index contributed by atoms with van der Waals surface area (Å²) >= 11 is 0. The normalized spacial score (nSPS) is 11.4. The number of nitrogens with one attached hydrogen (secondary N) is 2. The number of carbonyl (C=O) groups is 2. The number of aromatic hydroxyl groups is 1. The molecule has 1 atom stereocenters. The van der Waals surface area contributed by atoms with E-state index in [2.05, 4.69) is 17.2 Å². The van der Waals surface area contributed by atoms with Crippen molar-refractivity contribution in [1.82, 2.24) is 5.32 Å². The number of phenols is 1. The van der Waals surface area contributed by atoms with Gasteiger partial charge in [0.25, 0.3) is 0 Å². The monoisotopic (exact) mass is 264 g/mol. The van der Waals surface area contributed by atoms with Gasteiger partial charge in [-0.25, -0.2) is 9.59 Å². The van der Waals surface area contributed by atoms with Gasteiger partial charge in [0.05, 0.1) is 11.3 Å². The van der Waals surface area contributed by atoms with Crippen LogP contribution in [0.1, 0.15) is 23.7 Å². The summed E-state index contributed by atoms with van der Waals surface area (Å²) < 4.78 is 0. The van der Waals surface area contributed by atoms with E-state index in [4.69, 9.17) is 5.11 Å². The summed E-state index contributed by atoms with van der Waals surface area (Å²) in [4.78, 5) is 22.6. The first-order chi connectivity index (χ1) is 8.93. The molecular formula is C13H16N2O4. The Bertz CT molecular complexity index is 499. The summed E-state index contributed by atoms with van der Waals surface area (Å²) in [6.45, 7) is 5.36. The van der Waals surface area contributed by atoms with Crippen LogP contribution in [0.15, 0.2) is 30.9 Å². The number of benzene rings is 1. The minimum Gasteiger partial charge on any atom is -0.508 e. The summed E-state index contributed by atoms with van der Waals surface area (Å²) in [5.41, 5.74) is -0.0554. The van der Waals surface area contributed by atoms with Crippen LogP contribution in [0.4, 0.5) is 10.5 Å². The summed E-state index contributed by atoms with van der Waals surface area (Å²) in [6, 6.07) is 3.09. The number of hydrogen-bond donors (Lipinski definition) is 4. The summed E-state index contributed by atoms with van der Waals surface area (Å²) in [5.74, 6) is -1.41. The molecule has 19 heavy (non-hydrogen) atoms. The number of amides is 2. The highest BCUT2D eigenvalue weighted by molar-refractivity contribution is 6.00. The van der Waals surface area contributed by atoms with Crippen LogP contribution in [0.2, 0.25) is 0 Å². The standard InChI is InChI=1S/C13H16N2O4/c1-3-4-8(2)14-13(19)15-11-6-5-9(16)7-10(11)12(17)18/h3,5-8,16H,1,4H2,2H3,(H,17,18)(H2,14,15,19). The molecule has 0 radical (unpaired) electrons. The first kappa shape index (κ1) is 14.6. The van der Waals surface area contributed by atoms with E-state index in [0.29, 0.717) is 6.42 Å². The van der Waals surface area contributed by atoms with Crippen LogP contribution in [0.3, 0.4) is 0 Å². The largest absolute Gasteiger partial charge is 0.508 e. The van der Waals surface area contributed by atoms with E-state index in [-0.39, 0.29) is 23.0 Å². The Labute approximate surface area is 110 Å². The van der Waals surface area contributed by atoms with Gasteiger partial charge in [-0.05, 0) is 31.5 Å². The zero-order chi connectivity index (χ0) is 14.4. The van der Waals surface area contributed by atoms with Crippen LogP contribution in [0.25, 0.3) is 0 Å². The van der Waals surface area contributed by atoms with Crippen molar-refractivity contribution in [3.63, 3.8) is 0 Å². The number of carbonyl (C=O) groups excluding carboxylic acids is 1. The predicted molar refractivity (Wildman–Crippen MR) is 71.5 cm³/mol. The third kappa shape index (κ3) is 4.34. The van der Waals surface area contributed by atoms with Crippen LogP contribution >= 0.6 is 0 Å². The molecule has 102 valence electrons. The molecule has 6 heteroatoms. The Morgan fingerprint density at radius 3 is 2.74 bits per heavy atom. The van der Waals surface area contributed by atoms with Crippen molar-refractivity contribution in [2.24, 2.45) is 0 Å². The zero-order valence-corrected chi connectivity index (χ0v) is 10.5. The summed E-state index contributed by atoms with van der Waals surface area (Å²) in [5, 5.41) is 23.3. The Hall–Kier alpha value is -2.50. The molecule has 1 aromatic carbocycles. The highest BCUT2D eigenvalue weighted by Crippen LogP contribution is 2.21. The van der Waals surface area contributed by atoms with E-state index >= 15 is 0 Å². The quantitative estimate of drug-likeness (QED) is 0.484. The maximum absolute atomic E-state index is 11.6. The second-order valence-electron chi connectivity index (χ2n) is 4.06. The molecule has 0 saturated carbocycles. The average Bonchev–Trinajstić information content (AvgIpc) is 2.31. The second kappa shape index (κ2) is 6.44. The van der Waals surface area contributed by atoms with Gasteiger partial charge in [0.15, 0.2) is 0 Å². The molecule has 1 aromatic rings. The van der Waals surface area contributed by atoms with Crippen LogP contribution in [0.5, 0.6) is 5.75 Å². The van der Waals surface area contributed by atoms with Crippen molar-refractivity contribution < 1.29 is 19.8 Å². The number of phenolic OH excluding ortho intramolecular Hbond substituents is 1.